The lowest BCUT2D eigenvalue weighted by atomic mass is 9.71. The Morgan fingerprint density at radius 1 is 1.15 bits per heavy atom. The zero-order chi connectivity index (χ0) is 24.8. The van der Waals surface area contributed by atoms with Crippen LogP contribution in [0.4, 0.5) is 18.9 Å². The maximum atomic E-state index is 13.6. The highest BCUT2D eigenvalue weighted by Gasteiger charge is 2.59. The molecular formula is C23H24F3N5O3. The average molecular weight is 475 g/mol. The molecular weight excluding hydrogens is 451 g/mol. The molecule has 34 heavy (non-hydrogen) atoms. The van der Waals surface area contributed by atoms with Crippen LogP contribution in [0.15, 0.2) is 36.2 Å². The number of hydrogen-bond donors (Lipinski definition) is 4. The summed E-state index contributed by atoms with van der Waals surface area (Å²) < 4.78 is 42.0. The molecule has 0 unspecified atom stereocenters. The van der Waals surface area contributed by atoms with E-state index in [1.54, 1.807) is 11.5 Å². The number of Topliss-reactive ketones (excluding diaryl/α,β-unsaturated/α-hetero) is 1. The molecule has 1 aliphatic carbocycles. The Balaban J connectivity index is 1.62. The quantitative estimate of drug-likeness (QED) is 0.376. The summed E-state index contributed by atoms with van der Waals surface area (Å²) in [5.41, 5.74) is 10.9. The van der Waals surface area contributed by atoms with Crippen molar-refractivity contribution in [3.8, 4) is 0 Å². The molecule has 1 aliphatic heterocycles. The number of nitrogens with zero attached hydrogens (tertiary/aromatic N) is 1. The minimum Gasteiger partial charge on any atom is -0.403 e. The molecule has 1 aromatic carbocycles. The SMILES string of the molecule is Cc1c(C(=O)Nc2ccc(F)cc2)c2n(c1C(=O)C(=O)NC1(/C(N)=C/N)CC(F)(F)C1)CCC2. The number of anilines is 1. The van der Waals surface area contributed by atoms with Crippen LogP contribution >= 0.6 is 0 Å². The molecule has 11 heteroatoms. The molecule has 2 amide bonds. The molecule has 1 fully saturated rings. The van der Waals surface area contributed by atoms with Crippen LogP contribution in [0.2, 0.25) is 0 Å². The molecule has 6 N–H and O–H groups in total. The van der Waals surface area contributed by atoms with Gasteiger partial charge in [-0.3, -0.25) is 14.4 Å². The highest BCUT2D eigenvalue weighted by molar-refractivity contribution is 6.43. The summed E-state index contributed by atoms with van der Waals surface area (Å²) in [6, 6.07) is 5.21. The number of fused-ring (bicyclic) bond motifs is 1. The number of aromatic nitrogens is 1. The molecule has 2 aliphatic rings. The van der Waals surface area contributed by atoms with E-state index >= 15 is 0 Å². The van der Waals surface area contributed by atoms with E-state index in [1.165, 1.54) is 24.3 Å². The summed E-state index contributed by atoms with van der Waals surface area (Å²) in [5.74, 6) is -6.06. The van der Waals surface area contributed by atoms with E-state index in [9.17, 15) is 27.6 Å². The van der Waals surface area contributed by atoms with Crippen molar-refractivity contribution in [1.82, 2.24) is 9.88 Å². The Morgan fingerprint density at radius 3 is 2.38 bits per heavy atom. The number of nitrogens with one attached hydrogen (secondary N) is 2. The number of hydrogen-bond acceptors (Lipinski definition) is 5. The van der Waals surface area contributed by atoms with Crippen molar-refractivity contribution in [2.45, 2.75) is 50.6 Å². The number of alkyl halides is 2. The molecule has 1 saturated carbocycles. The standard InChI is InChI=1S/C23H24F3N5O3/c1-12-17(20(33)29-14-6-4-13(24)5-7-14)15-3-2-8-31(15)18(12)19(32)21(34)30-22(16(28)9-27)10-23(25,26)11-22/h4-7,9H,2-3,8,10-11,27-28H2,1H3,(H,29,33)(H,30,34)/b16-9-. The molecule has 8 nitrogen and oxygen atoms in total. The Kier molecular flexibility index (Phi) is 5.66. The van der Waals surface area contributed by atoms with Crippen LogP contribution in [0.25, 0.3) is 0 Å². The molecule has 0 atom stereocenters. The van der Waals surface area contributed by atoms with Crippen LogP contribution in [-0.4, -0.2) is 33.6 Å². The van der Waals surface area contributed by atoms with E-state index in [0.29, 0.717) is 36.3 Å². The minimum absolute atomic E-state index is 0.0192. The molecule has 0 saturated heterocycles. The van der Waals surface area contributed by atoms with Gasteiger partial charge in [-0.2, -0.15) is 0 Å². The highest BCUT2D eigenvalue weighted by atomic mass is 19.3. The topological polar surface area (TPSA) is 132 Å². The van der Waals surface area contributed by atoms with Crippen molar-refractivity contribution in [2.75, 3.05) is 5.32 Å². The Labute approximate surface area is 193 Å². The lowest BCUT2D eigenvalue weighted by Crippen LogP contribution is -2.65. The fourth-order valence-electron chi connectivity index (χ4n) is 4.78. The van der Waals surface area contributed by atoms with Crippen LogP contribution in [0.1, 0.15) is 51.4 Å². The van der Waals surface area contributed by atoms with E-state index < -0.39 is 47.7 Å². The van der Waals surface area contributed by atoms with Crippen molar-refractivity contribution < 1.29 is 27.6 Å². The molecule has 4 rings (SSSR count). The van der Waals surface area contributed by atoms with Gasteiger partial charge in [-0.05, 0) is 49.6 Å². The summed E-state index contributed by atoms with van der Waals surface area (Å²) in [6.07, 6.45) is 0.566. The summed E-state index contributed by atoms with van der Waals surface area (Å²) in [5, 5.41) is 5.02. The fraction of sp³-hybridized carbons (Fsp3) is 0.348. The maximum absolute atomic E-state index is 13.6. The number of ketones is 1. The van der Waals surface area contributed by atoms with Gasteiger partial charge in [0.1, 0.15) is 5.82 Å². The molecule has 2 aromatic rings. The van der Waals surface area contributed by atoms with Crippen LogP contribution in [0.5, 0.6) is 0 Å². The first-order valence-corrected chi connectivity index (χ1v) is 10.7. The van der Waals surface area contributed by atoms with Crippen molar-refractivity contribution in [2.24, 2.45) is 11.5 Å². The number of benzene rings is 1. The molecule has 0 bridgehead atoms. The van der Waals surface area contributed by atoms with Crippen LogP contribution < -0.4 is 22.1 Å². The van der Waals surface area contributed by atoms with Crippen LogP contribution in [0, 0.1) is 12.7 Å². The van der Waals surface area contributed by atoms with E-state index in [4.69, 9.17) is 11.5 Å². The lowest BCUT2D eigenvalue weighted by Gasteiger charge is -2.47. The van der Waals surface area contributed by atoms with Gasteiger partial charge in [-0.1, -0.05) is 0 Å². The number of amides is 2. The van der Waals surface area contributed by atoms with Crippen molar-refractivity contribution >= 4 is 23.3 Å². The minimum atomic E-state index is -3.04. The number of carbonyl (C=O) groups is 3. The summed E-state index contributed by atoms with van der Waals surface area (Å²) in [7, 11) is 0. The summed E-state index contributed by atoms with van der Waals surface area (Å²) in [6.45, 7) is 1.97. The van der Waals surface area contributed by atoms with Gasteiger partial charge in [0, 0.05) is 37.0 Å². The molecule has 1 aromatic heterocycles. The third-order valence-electron chi connectivity index (χ3n) is 6.37. The highest BCUT2D eigenvalue weighted by Crippen LogP contribution is 2.48. The number of halogens is 3. The lowest BCUT2D eigenvalue weighted by molar-refractivity contribution is -0.137. The van der Waals surface area contributed by atoms with Crippen LogP contribution in [0.3, 0.4) is 0 Å². The van der Waals surface area contributed by atoms with E-state index in [1.807, 2.05) is 0 Å². The smallest absolute Gasteiger partial charge is 0.294 e. The maximum Gasteiger partial charge on any atom is 0.294 e. The first-order chi connectivity index (χ1) is 16.0. The molecule has 2 heterocycles. The first-order valence-electron chi connectivity index (χ1n) is 10.7. The van der Waals surface area contributed by atoms with Gasteiger partial charge in [-0.15, -0.1) is 0 Å². The van der Waals surface area contributed by atoms with Crippen molar-refractivity contribution in [3.05, 3.63) is 64.5 Å². The second-order valence-electron chi connectivity index (χ2n) is 8.71. The van der Waals surface area contributed by atoms with Crippen LogP contribution in [-0.2, 0) is 17.8 Å². The Morgan fingerprint density at radius 2 is 1.79 bits per heavy atom. The van der Waals surface area contributed by atoms with Gasteiger partial charge in [0.05, 0.1) is 22.5 Å². The zero-order valence-corrected chi connectivity index (χ0v) is 18.4. The molecule has 0 spiro atoms. The van der Waals surface area contributed by atoms with Gasteiger partial charge < -0.3 is 26.7 Å². The number of carbonyl (C=O) groups excluding carboxylic acids is 3. The monoisotopic (exact) mass is 475 g/mol. The number of nitrogens with two attached hydrogens (primary N) is 2. The van der Waals surface area contributed by atoms with Gasteiger partial charge in [0.2, 0.25) is 0 Å². The fourth-order valence-corrected chi connectivity index (χ4v) is 4.78. The predicted molar refractivity (Wildman–Crippen MR) is 118 cm³/mol. The summed E-state index contributed by atoms with van der Waals surface area (Å²) in [4.78, 5) is 39.0. The molecule has 0 radical (unpaired) electrons. The largest absolute Gasteiger partial charge is 0.403 e. The normalized spacial score (nSPS) is 18.1. The van der Waals surface area contributed by atoms with E-state index in [-0.39, 0.29) is 17.0 Å². The van der Waals surface area contributed by atoms with Gasteiger partial charge >= 0.3 is 0 Å². The second-order valence-corrected chi connectivity index (χ2v) is 8.71. The zero-order valence-electron chi connectivity index (χ0n) is 18.4. The van der Waals surface area contributed by atoms with Gasteiger partial charge in [0.25, 0.3) is 23.5 Å². The average Bonchev–Trinajstić information content (AvgIpc) is 3.32. The van der Waals surface area contributed by atoms with Crippen molar-refractivity contribution in [3.63, 3.8) is 0 Å². The van der Waals surface area contributed by atoms with Gasteiger partial charge in [-0.25, -0.2) is 13.2 Å². The third kappa shape index (κ3) is 3.91. The first kappa shape index (κ1) is 23.4. The van der Waals surface area contributed by atoms with E-state index in [2.05, 4.69) is 10.6 Å². The second kappa shape index (κ2) is 8.23. The van der Waals surface area contributed by atoms with E-state index in [0.717, 1.165) is 6.20 Å². The Hall–Kier alpha value is -3.76. The van der Waals surface area contributed by atoms with Gasteiger partial charge in [0.15, 0.2) is 0 Å². The Bertz CT molecular complexity index is 1210. The number of rotatable bonds is 6. The van der Waals surface area contributed by atoms with Crippen molar-refractivity contribution in [1.29, 1.82) is 0 Å². The third-order valence-corrected chi connectivity index (χ3v) is 6.37. The predicted octanol–water partition coefficient (Wildman–Crippen LogP) is 2.36. The summed E-state index contributed by atoms with van der Waals surface area (Å²) >= 11 is 0. The molecule has 180 valence electrons.